The topological polar surface area (TPSA) is 79.8 Å². The van der Waals surface area contributed by atoms with Gasteiger partial charge >= 0.3 is 0 Å². The summed E-state index contributed by atoms with van der Waals surface area (Å²) in [5.74, 6) is 0.597. The smallest absolute Gasteiger partial charge is 0.259 e. The lowest BCUT2D eigenvalue weighted by Crippen LogP contribution is -2.32. The fourth-order valence-electron chi connectivity index (χ4n) is 3.04. The summed E-state index contributed by atoms with van der Waals surface area (Å²) in [5, 5.41) is 14.1. The van der Waals surface area contributed by atoms with Crippen LogP contribution in [0.4, 0.5) is 10.9 Å². The third-order valence-electron chi connectivity index (χ3n) is 4.16. The van der Waals surface area contributed by atoms with Gasteiger partial charge in [-0.1, -0.05) is 31.6 Å². The van der Waals surface area contributed by atoms with Crippen molar-refractivity contribution in [3.63, 3.8) is 0 Å². The Morgan fingerprint density at radius 1 is 1.39 bits per heavy atom. The standard InChI is InChI=1S/C16H21N5OS/c1-16(2)7-3-4-12(8-16)19-13-6-5-11(9-17-13)14(22)20-15-21-18-10-23-15/h5-6,9-10,12H,3-4,7-8H2,1-2H3,(H,17,19)(H,20,21,22). The van der Waals surface area contributed by atoms with Crippen LogP contribution in [0.2, 0.25) is 0 Å². The van der Waals surface area contributed by atoms with E-state index < -0.39 is 0 Å². The van der Waals surface area contributed by atoms with E-state index in [1.807, 2.05) is 6.07 Å². The molecule has 1 atom stereocenters. The molecule has 0 saturated heterocycles. The first-order valence-electron chi connectivity index (χ1n) is 7.82. The van der Waals surface area contributed by atoms with Crippen molar-refractivity contribution in [1.29, 1.82) is 0 Å². The highest BCUT2D eigenvalue weighted by Gasteiger charge is 2.27. The molecule has 1 fully saturated rings. The number of amides is 1. The van der Waals surface area contributed by atoms with Crippen LogP contribution in [0.1, 0.15) is 49.9 Å². The highest BCUT2D eigenvalue weighted by molar-refractivity contribution is 7.13. The molecule has 1 saturated carbocycles. The summed E-state index contributed by atoms with van der Waals surface area (Å²) in [6, 6.07) is 4.09. The molecule has 2 aromatic rings. The van der Waals surface area contributed by atoms with Crippen LogP contribution in [0, 0.1) is 5.41 Å². The van der Waals surface area contributed by atoms with Crippen LogP contribution in [0.3, 0.4) is 0 Å². The van der Waals surface area contributed by atoms with E-state index in [9.17, 15) is 4.79 Å². The maximum absolute atomic E-state index is 12.1. The van der Waals surface area contributed by atoms with Crippen LogP contribution in [0.5, 0.6) is 0 Å². The highest BCUT2D eigenvalue weighted by atomic mass is 32.1. The van der Waals surface area contributed by atoms with Gasteiger partial charge in [-0.25, -0.2) is 4.98 Å². The molecule has 7 heteroatoms. The molecule has 1 aliphatic carbocycles. The molecule has 122 valence electrons. The van der Waals surface area contributed by atoms with E-state index in [0.29, 0.717) is 22.2 Å². The van der Waals surface area contributed by atoms with Crippen LogP contribution in [-0.2, 0) is 0 Å². The van der Waals surface area contributed by atoms with Crippen molar-refractivity contribution < 1.29 is 4.79 Å². The van der Waals surface area contributed by atoms with Gasteiger partial charge in [-0.2, -0.15) is 0 Å². The number of carbonyl (C=O) groups excluding carboxylic acids is 1. The van der Waals surface area contributed by atoms with Crippen LogP contribution >= 0.6 is 11.3 Å². The van der Waals surface area contributed by atoms with E-state index in [-0.39, 0.29) is 5.91 Å². The molecule has 0 spiro atoms. The van der Waals surface area contributed by atoms with Gasteiger partial charge in [-0.3, -0.25) is 10.1 Å². The predicted octanol–water partition coefficient (Wildman–Crippen LogP) is 3.57. The Morgan fingerprint density at radius 3 is 2.91 bits per heavy atom. The summed E-state index contributed by atoms with van der Waals surface area (Å²) in [6.45, 7) is 4.63. The third kappa shape index (κ3) is 4.25. The van der Waals surface area contributed by atoms with Crippen LogP contribution in [0.15, 0.2) is 23.8 Å². The number of hydrogen-bond donors (Lipinski definition) is 2. The number of anilines is 2. The van der Waals surface area contributed by atoms with E-state index >= 15 is 0 Å². The molecule has 1 unspecified atom stereocenters. The predicted molar refractivity (Wildman–Crippen MR) is 91.8 cm³/mol. The van der Waals surface area contributed by atoms with Crippen LogP contribution < -0.4 is 10.6 Å². The van der Waals surface area contributed by atoms with Crippen LogP contribution in [-0.4, -0.2) is 27.1 Å². The minimum atomic E-state index is -0.223. The van der Waals surface area contributed by atoms with Crippen molar-refractivity contribution in [3.05, 3.63) is 29.4 Å². The van der Waals surface area contributed by atoms with Gasteiger partial charge in [0, 0.05) is 12.2 Å². The van der Waals surface area contributed by atoms with Crippen molar-refractivity contribution in [2.75, 3.05) is 10.6 Å². The van der Waals surface area contributed by atoms with Crippen molar-refractivity contribution in [3.8, 4) is 0 Å². The van der Waals surface area contributed by atoms with Gasteiger partial charge in [0.15, 0.2) is 0 Å². The number of hydrogen-bond acceptors (Lipinski definition) is 6. The van der Waals surface area contributed by atoms with Crippen LogP contribution in [0.25, 0.3) is 0 Å². The molecule has 6 nitrogen and oxygen atoms in total. The Hall–Kier alpha value is -2.02. The summed E-state index contributed by atoms with van der Waals surface area (Å²) in [6.07, 6.45) is 6.43. The third-order valence-corrected chi connectivity index (χ3v) is 4.77. The fraction of sp³-hybridized carbons (Fsp3) is 0.500. The zero-order valence-corrected chi connectivity index (χ0v) is 14.2. The number of aromatic nitrogens is 3. The van der Waals surface area contributed by atoms with E-state index in [1.54, 1.807) is 17.8 Å². The molecule has 0 radical (unpaired) electrons. The molecule has 2 N–H and O–H groups in total. The minimum Gasteiger partial charge on any atom is -0.367 e. The highest BCUT2D eigenvalue weighted by Crippen LogP contribution is 2.36. The van der Waals surface area contributed by atoms with E-state index in [0.717, 1.165) is 12.2 Å². The quantitative estimate of drug-likeness (QED) is 0.895. The molecule has 0 bridgehead atoms. The summed E-state index contributed by atoms with van der Waals surface area (Å²) in [4.78, 5) is 16.4. The van der Waals surface area contributed by atoms with E-state index in [1.165, 1.54) is 30.6 Å². The Bertz CT molecular complexity index is 654. The Kier molecular flexibility index (Phi) is 4.56. The molecular weight excluding hydrogens is 310 g/mol. The molecule has 1 amide bonds. The van der Waals surface area contributed by atoms with Gasteiger partial charge in [0.1, 0.15) is 11.3 Å². The zero-order valence-electron chi connectivity index (χ0n) is 13.4. The monoisotopic (exact) mass is 331 g/mol. The first-order valence-corrected chi connectivity index (χ1v) is 8.70. The molecular formula is C16H21N5OS. The lowest BCUT2D eigenvalue weighted by molar-refractivity contribution is 0.102. The Labute approximate surface area is 139 Å². The summed E-state index contributed by atoms with van der Waals surface area (Å²) >= 11 is 1.29. The van der Waals surface area contributed by atoms with Gasteiger partial charge < -0.3 is 5.32 Å². The van der Waals surface area contributed by atoms with Crippen molar-refractivity contribution >= 4 is 28.2 Å². The number of carbonyl (C=O) groups is 1. The molecule has 1 aliphatic rings. The number of rotatable bonds is 4. The maximum Gasteiger partial charge on any atom is 0.259 e. The van der Waals surface area contributed by atoms with Gasteiger partial charge in [-0.05, 0) is 36.8 Å². The zero-order chi connectivity index (χ0) is 16.3. The summed E-state index contributed by atoms with van der Waals surface area (Å²) in [5.41, 5.74) is 2.47. The molecule has 2 heterocycles. The molecule has 0 aliphatic heterocycles. The fourth-order valence-corrected chi connectivity index (χ4v) is 3.48. The lowest BCUT2D eigenvalue weighted by atomic mass is 9.75. The lowest BCUT2D eigenvalue weighted by Gasteiger charge is -2.35. The molecule has 0 aromatic carbocycles. The number of nitrogens with one attached hydrogen (secondary N) is 2. The average molecular weight is 331 g/mol. The normalized spacial score (nSPS) is 20.0. The van der Waals surface area contributed by atoms with Crippen molar-refractivity contribution in [2.45, 2.75) is 45.6 Å². The number of pyridine rings is 1. The second kappa shape index (κ2) is 6.62. The second-order valence-corrected chi connectivity index (χ2v) is 7.57. The second-order valence-electron chi connectivity index (χ2n) is 6.73. The van der Waals surface area contributed by atoms with Crippen molar-refractivity contribution in [2.24, 2.45) is 5.41 Å². The average Bonchev–Trinajstić information content (AvgIpc) is 3.00. The Balaban J connectivity index is 1.59. The summed E-state index contributed by atoms with van der Waals surface area (Å²) in [7, 11) is 0. The van der Waals surface area contributed by atoms with E-state index in [4.69, 9.17) is 0 Å². The first-order chi connectivity index (χ1) is 11.0. The number of nitrogens with zero attached hydrogens (tertiary/aromatic N) is 3. The molecule has 23 heavy (non-hydrogen) atoms. The van der Waals surface area contributed by atoms with E-state index in [2.05, 4.69) is 39.7 Å². The SMILES string of the molecule is CC1(C)CCCC(Nc2ccc(C(=O)Nc3nncs3)cn2)C1. The molecule has 2 aromatic heterocycles. The first kappa shape index (κ1) is 15.9. The largest absolute Gasteiger partial charge is 0.367 e. The summed E-state index contributed by atoms with van der Waals surface area (Å²) < 4.78 is 0. The minimum absolute atomic E-state index is 0.223. The van der Waals surface area contributed by atoms with Gasteiger partial charge in [0.2, 0.25) is 5.13 Å². The molecule has 3 rings (SSSR count). The Morgan fingerprint density at radius 2 is 2.26 bits per heavy atom. The van der Waals surface area contributed by atoms with Gasteiger partial charge in [-0.15, -0.1) is 10.2 Å². The van der Waals surface area contributed by atoms with Crippen molar-refractivity contribution in [1.82, 2.24) is 15.2 Å². The van der Waals surface area contributed by atoms with Gasteiger partial charge in [0.25, 0.3) is 5.91 Å². The maximum atomic E-state index is 12.1. The van der Waals surface area contributed by atoms with Gasteiger partial charge in [0.05, 0.1) is 5.56 Å².